The molecule has 9 nitrogen and oxygen atoms in total. The Hall–Kier alpha value is -1.49. The van der Waals surface area contributed by atoms with E-state index in [1.165, 1.54) is 50.5 Å². The molecule has 11 atom stereocenters. The Morgan fingerprint density at radius 3 is 2.21 bits per heavy atom. The number of esters is 2. The lowest BCUT2D eigenvalue weighted by molar-refractivity contribution is -0.246. The smallest absolute Gasteiger partial charge is 0.306 e. The summed E-state index contributed by atoms with van der Waals surface area (Å²) >= 11 is 0. The van der Waals surface area contributed by atoms with Crippen molar-refractivity contribution in [2.75, 3.05) is 44.4 Å². The highest BCUT2D eigenvalue weighted by atomic mass is 32.2. The maximum atomic E-state index is 13.5. The second kappa shape index (κ2) is 15.8. The van der Waals surface area contributed by atoms with Crippen molar-refractivity contribution in [3.63, 3.8) is 0 Å². The van der Waals surface area contributed by atoms with Crippen molar-refractivity contribution in [3.05, 3.63) is 12.2 Å². The fourth-order valence-corrected chi connectivity index (χ4v) is 16.1. The van der Waals surface area contributed by atoms with Crippen LogP contribution in [0.5, 0.6) is 0 Å². The number of sulfone groups is 1. The quantitative estimate of drug-likeness (QED) is 0.142. The average molecular weight is 803 g/mol. The highest BCUT2D eigenvalue weighted by molar-refractivity contribution is 7.91. The lowest BCUT2D eigenvalue weighted by Crippen LogP contribution is -2.69. The molecule has 2 unspecified atom stereocenters. The first kappa shape index (κ1) is 44.1. The van der Waals surface area contributed by atoms with E-state index in [4.69, 9.17) is 9.47 Å². The fourth-order valence-electron chi connectivity index (χ4n) is 14.9. The number of carbonyl (C=O) groups excluding carboxylic acids is 2. The molecular formula is C46H78N2O7S. The predicted molar refractivity (Wildman–Crippen MR) is 223 cm³/mol. The van der Waals surface area contributed by atoms with Crippen LogP contribution in [0.4, 0.5) is 0 Å². The zero-order valence-electron chi connectivity index (χ0n) is 36.6. The predicted octanol–water partition coefficient (Wildman–Crippen LogP) is 7.75. The van der Waals surface area contributed by atoms with Gasteiger partial charge in [-0.25, -0.2) is 8.42 Å². The highest BCUT2D eigenvalue weighted by Gasteiger charge is 2.71. The van der Waals surface area contributed by atoms with Gasteiger partial charge in [0.05, 0.1) is 37.6 Å². The van der Waals surface area contributed by atoms with E-state index < -0.39 is 15.3 Å². The number of carbonyl (C=O) groups is 2. The number of ether oxygens (including phenoxy) is 2. The van der Waals surface area contributed by atoms with Crippen LogP contribution in [0.3, 0.4) is 0 Å². The Morgan fingerprint density at radius 2 is 1.57 bits per heavy atom. The molecule has 10 heteroatoms. The van der Waals surface area contributed by atoms with Gasteiger partial charge >= 0.3 is 11.9 Å². The molecule has 2 N–H and O–H groups in total. The van der Waals surface area contributed by atoms with E-state index in [2.05, 4.69) is 58.3 Å². The number of nitrogens with one attached hydrogen (secondary N) is 1. The summed E-state index contributed by atoms with van der Waals surface area (Å²) in [6, 6.07) is -0.0173. The molecule has 1 aliphatic heterocycles. The van der Waals surface area contributed by atoms with Gasteiger partial charge in [-0.2, -0.15) is 0 Å². The molecule has 0 amide bonds. The molecule has 5 aliphatic carbocycles. The van der Waals surface area contributed by atoms with E-state index in [0.717, 1.165) is 32.2 Å². The second-order valence-corrected chi connectivity index (χ2v) is 24.0. The molecule has 6 aliphatic rings. The SMILES string of the molecule is C=C(C)[C@@H]1CC[C@]2(NCCC(CO)N3CCS(=O)(=O)CC3)CC[C@]3(C)[C@H](CC[C@@H]4[C@@]5(C)CC[C@H](OC(=O)CC(C)(C)CC(=O)OCC)C(C)(C)[C@@H]5CC[C@]43C)C12. The monoisotopic (exact) mass is 803 g/mol. The molecule has 320 valence electrons. The van der Waals surface area contributed by atoms with Crippen molar-refractivity contribution in [3.8, 4) is 0 Å². The maximum absolute atomic E-state index is 13.5. The van der Waals surface area contributed by atoms with Crippen molar-refractivity contribution in [1.82, 2.24) is 10.2 Å². The van der Waals surface area contributed by atoms with Gasteiger partial charge in [-0.1, -0.05) is 60.6 Å². The third-order valence-electron chi connectivity index (χ3n) is 17.9. The first-order chi connectivity index (χ1) is 26.1. The molecule has 5 saturated carbocycles. The molecular weight excluding hydrogens is 725 g/mol. The Labute approximate surface area is 340 Å². The number of hydrogen-bond donors (Lipinski definition) is 2. The molecule has 0 aromatic rings. The van der Waals surface area contributed by atoms with Crippen molar-refractivity contribution >= 4 is 21.8 Å². The van der Waals surface area contributed by atoms with Gasteiger partial charge in [0.15, 0.2) is 9.84 Å². The molecule has 1 heterocycles. The topological polar surface area (TPSA) is 122 Å². The van der Waals surface area contributed by atoms with Crippen LogP contribution >= 0.6 is 0 Å². The third-order valence-corrected chi connectivity index (χ3v) is 19.5. The molecule has 1 saturated heterocycles. The van der Waals surface area contributed by atoms with Crippen LogP contribution in [0.1, 0.15) is 146 Å². The lowest BCUT2D eigenvalue weighted by Gasteiger charge is -2.73. The Kier molecular flexibility index (Phi) is 12.5. The summed E-state index contributed by atoms with van der Waals surface area (Å²) in [6.07, 6.45) is 12.6. The number of nitrogens with zero attached hydrogens (tertiary/aromatic N) is 1. The van der Waals surface area contributed by atoms with E-state index in [0.29, 0.717) is 49.3 Å². The van der Waals surface area contributed by atoms with Gasteiger partial charge < -0.3 is 19.9 Å². The molecule has 0 spiro atoms. The average Bonchev–Trinajstić information content (AvgIpc) is 3.48. The molecule has 6 fully saturated rings. The Bertz CT molecular complexity index is 1580. The van der Waals surface area contributed by atoms with Gasteiger partial charge in [-0.15, -0.1) is 0 Å². The van der Waals surface area contributed by atoms with Crippen molar-refractivity contribution in [1.29, 1.82) is 0 Å². The normalized spacial score (nSPS) is 41.0. The van der Waals surface area contributed by atoms with Gasteiger partial charge in [0, 0.05) is 30.1 Å². The zero-order chi connectivity index (χ0) is 41.1. The lowest BCUT2D eigenvalue weighted by atomic mass is 9.32. The van der Waals surface area contributed by atoms with Crippen LogP contribution in [0.25, 0.3) is 0 Å². The van der Waals surface area contributed by atoms with Crippen LogP contribution < -0.4 is 5.32 Å². The maximum Gasteiger partial charge on any atom is 0.306 e. The van der Waals surface area contributed by atoms with Crippen LogP contribution in [-0.2, 0) is 28.9 Å². The van der Waals surface area contributed by atoms with Gasteiger partial charge in [-0.05, 0) is 142 Å². The van der Waals surface area contributed by atoms with Gasteiger partial charge in [0.1, 0.15) is 6.10 Å². The summed E-state index contributed by atoms with van der Waals surface area (Å²) in [4.78, 5) is 27.9. The van der Waals surface area contributed by atoms with Crippen LogP contribution in [0.15, 0.2) is 12.2 Å². The van der Waals surface area contributed by atoms with Gasteiger partial charge in [0.25, 0.3) is 0 Å². The van der Waals surface area contributed by atoms with Gasteiger partial charge in [-0.3, -0.25) is 14.5 Å². The van der Waals surface area contributed by atoms with Gasteiger partial charge in [0.2, 0.25) is 0 Å². The summed E-state index contributed by atoms with van der Waals surface area (Å²) in [5.41, 5.74) is 1.32. The third kappa shape index (κ3) is 7.82. The summed E-state index contributed by atoms with van der Waals surface area (Å²) < 4.78 is 35.8. The summed E-state index contributed by atoms with van der Waals surface area (Å²) in [6.45, 7) is 27.5. The van der Waals surface area contributed by atoms with Crippen LogP contribution in [0, 0.1) is 56.7 Å². The van der Waals surface area contributed by atoms with Crippen LogP contribution in [0.2, 0.25) is 0 Å². The van der Waals surface area contributed by atoms with E-state index in [1.807, 2.05) is 13.8 Å². The summed E-state index contributed by atoms with van der Waals surface area (Å²) in [5.74, 6) is 2.63. The minimum absolute atomic E-state index is 0.0173. The standard InChI is InChI=1S/C46H78N2O7S/c1-11-54-38(50)28-41(4,5)29-39(51)55-37-16-18-43(8)35(42(37,6)7)15-19-45(10)36(43)13-12-34-40-33(31(2)3)14-20-46(40,22-21-44(34,45)9)47-23-17-32(30-49)48-24-26-56(52,53)27-25-48/h32-37,40,47,49H,2,11-30H2,1,3-10H3/t32?,33-,34+,35-,36+,37-,40?,43-,44+,45+,46-/m0/s1. The number of allylic oxidation sites excluding steroid dienone is 1. The van der Waals surface area contributed by atoms with Crippen molar-refractivity contribution < 1.29 is 32.6 Å². The van der Waals surface area contributed by atoms with Crippen molar-refractivity contribution in [2.24, 2.45) is 56.7 Å². The molecule has 0 bridgehead atoms. The molecule has 0 radical (unpaired) electrons. The minimum Gasteiger partial charge on any atom is -0.466 e. The number of aliphatic hydroxyl groups excluding tert-OH is 1. The first-order valence-corrected chi connectivity index (χ1v) is 24.2. The summed E-state index contributed by atoms with van der Waals surface area (Å²) in [5, 5.41) is 14.6. The van der Waals surface area contributed by atoms with E-state index in [9.17, 15) is 23.1 Å². The fraction of sp³-hybridized carbons (Fsp3) is 0.913. The van der Waals surface area contributed by atoms with E-state index >= 15 is 0 Å². The zero-order valence-corrected chi connectivity index (χ0v) is 37.5. The Balaban J connectivity index is 1.16. The number of hydrogen-bond acceptors (Lipinski definition) is 9. The van der Waals surface area contributed by atoms with E-state index in [1.54, 1.807) is 6.92 Å². The first-order valence-electron chi connectivity index (χ1n) is 22.4. The summed E-state index contributed by atoms with van der Waals surface area (Å²) in [7, 11) is -2.96. The number of rotatable bonds is 13. The second-order valence-electron chi connectivity index (χ2n) is 21.7. The van der Waals surface area contributed by atoms with E-state index in [-0.39, 0.29) is 82.2 Å². The minimum atomic E-state index is -2.96. The van der Waals surface area contributed by atoms with Crippen molar-refractivity contribution in [2.45, 2.75) is 163 Å². The van der Waals surface area contributed by atoms with Crippen LogP contribution in [-0.4, -0.2) is 92.4 Å². The number of fused-ring (bicyclic) bond motifs is 7. The molecule has 0 aromatic heterocycles. The molecule has 6 rings (SSSR count). The Morgan fingerprint density at radius 1 is 0.893 bits per heavy atom. The highest BCUT2D eigenvalue weighted by Crippen LogP contribution is 2.76. The molecule has 0 aromatic carbocycles. The largest absolute Gasteiger partial charge is 0.466 e. The molecule has 56 heavy (non-hydrogen) atoms. The number of aliphatic hydroxyl groups is 1.